The minimum absolute atomic E-state index is 0.0278. The molecule has 1 saturated carbocycles. The highest BCUT2D eigenvalue weighted by Gasteiger charge is 2.47. The number of carbonyl (C=O) groups is 4. The number of imide groups is 1. The first-order valence-corrected chi connectivity index (χ1v) is 9.52. The van der Waals surface area contributed by atoms with Gasteiger partial charge < -0.3 is 10.1 Å². The molecule has 1 N–H and O–H groups in total. The van der Waals surface area contributed by atoms with Crippen LogP contribution >= 0.6 is 0 Å². The fraction of sp³-hybridized carbons (Fsp3) is 0.474. The number of esters is 1. The maximum Gasteiger partial charge on any atom is 0.308 e. The molecule has 1 aromatic rings. The number of hydrogen-bond donors (Lipinski definition) is 1. The van der Waals surface area contributed by atoms with Crippen molar-refractivity contribution >= 4 is 35.1 Å². The smallest absolute Gasteiger partial charge is 0.308 e. The third-order valence-corrected chi connectivity index (χ3v) is 5.26. The molecule has 30 heavy (non-hydrogen) atoms. The van der Waals surface area contributed by atoms with Crippen LogP contribution in [0.3, 0.4) is 0 Å². The molecule has 10 nitrogen and oxygen atoms in total. The lowest BCUT2D eigenvalue weighted by Crippen LogP contribution is -2.33. The van der Waals surface area contributed by atoms with E-state index in [1.165, 1.54) is 0 Å². The van der Waals surface area contributed by atoms with Crippen LogP contribution in [0.4, 0.5) is 15.8 Å². The summed E-state index contributed by atoms with van der Waals surface area (Å²) < 4.78 is 18.1. The van der Waals surface area contributed by atoms with Crippen molar-refractivity contribution in [3.63, 3.8) is 0 Å². The number of nitro benzene ring substituents is 1. The van der Waals surface area contributed by atoms with E-state index in [0.29, 0.717) is 12.8 Å². The van der Waals surface area contributed by atoms with Crippen molar-refractivity contribution in [1.29, 1.82) is 0 Å². The number of carbonyl (C=O) groups excluding carboxylic acids is 4. The highest BCUT2D eigenvalue weighted by Crippen LogP contribution is 2.37. The quantitative estimate of drug-likeness (QED) is 0.307. The van der Waals surface area contributed by atoms with Crippen LogP contribution in [0.2, 0.25) is 0 Å². The molecule has 0 spiro atoms. The van der Waals surface area contributed by atoms with Gasteiger partial charge in [0.15, 0.2) is 6.61 Å². The molecule has 160 valence electrons. The summed E-state index contributed by atoms with van der Waals surface area (Å²) in [5, 5.41) is 13.0. The van der Waals surface area contributed by atoms with Crippen LogP contribution in [0, 0.1) is 27.8 Å². The molecule has 1 aromatic carbocycles. The SMILES string of the molecule is O=C(COC(=O)CCN1C(=O)C2CCCCC2C1=O)Nc1ccc(F)c([N+](=O)[O-])c1. The average molecular weight is 421 g/mol. The van der Waals surface area contributed by atoms with E-state index in [1.807, 2.05) is 0 Å². The number of ether oxygens (including phenoxy) is 1. The van der Waals surface area contributed by atoms with E-state index in [1.54, 1.807) is 0 Å². The minimum atomic E-state index is -1.05. The van der Waals surface area contributed by atoms with E-state index in [2.05, 4.69) is 5.32 Å². The molecule has 3 amide bonds. The van der Waals surface area contributed by atoms with E-state index in [-0.39, 0.29) is 42.3 Å². The van der Waals surface area contributed by atoms with E-state index in [0.717, 1.165) is 35.9 Å². The fourth-order valence-electron chi connectivity index (χ4n) is 3.80. The van der Waals surface area contributed by atoms with E-state index in [9.17, 15) is 33.7 Å². The van der Waals surface area contributed by atoms with Gasteiger partial charge in [0.25, 0.3) is 5.91 Å². The van der Waals surface area contributed by atoms with Gasteiger partial charge in [0, 0.05) is 18.3 Å². The van der Waals surface area contributed by atoms with Gasteiger partial charge in [0.05, 0.1) is 23.2 Å². The number of nitrogens with one attached hydrogen (secondary N) is 1. The van der Waals surface area contributed by atoms with Crippen LogP contribution in [0.25, 0.3) is 0 Å². The number of hydrogen-bond acceptors (Lipinski definition) is 7. The predicted molar refractivity (Wildman–Crippen MR) is 99.4 cm³/mol. The van der Waals surface area contributed by atoms with Crippen molar-refractivity contribution in [2.75, 3.05) is 18.5 Å². The largest absolute Gasteiger partial charge is 0.456 e. The van der Waals surface area contributed by atoms with Crippen LogP contribution in [-0.2, 0) is 23.9 Å². The minimum Gasteiger partial charge on any atom is -0.456 e. The molecular weight excluding hydrogens is 401 g/mol. The Bertz CT molecular complexity index is 880. The number of nitrogens with zero attached hydrogens (tertiary/aromatic N) is 2. The van der Waals surface area contributed by atoms with Crippen molar-refractivity contribution in [2.24, 2.45) is 11.8 Å². The molecule has 1 aliphatic carbocycles. The first kappa shape index (κ1) is 21.3. The lowest BCUT2D eigenvalue weighted by atomic mass is 9.81. The Hall–Kier alpha value is -3.37. The second-order valence-electron chi connectivity index (χ2n) is 7.21. The monoisotopic (exact) mass is 421 g/mol. The Morgan fingerprint density at radius 3 is 2.43 bits per heavy atom. The Labute approximate surface area is 170 Å². The zero-order valence-electron chi connectivity index (χ0n) is 16.0. The number of anilines is 1. The van der Waals surface area contributed by atoms with Crippen molar-refractivity contribution < 1.29 is 33.2 Å². The Morgan fingerprint density at radius 1 is 1.20 bits per heavy atom. The topological polar surface area (TPSA) is 136 Å². The molecule has 0 radical (unpaired) electrons. The molecule has 0 bridgehead atoms. The summed E-state index contributed by atoms with van der Waals surface area (Å²) in [4.78, 5) is 59.3. The van der Waals surface area contributed by atoms with Crippen LogP contribution in [0.5, 0.6) is 0 Å². The lowest BCUT2D eigenvalue weighted by molar-refractivity contribution is -0.387. The second kappa shape index (κ2) is 8.97. The van der Waals surface area contributed by atoms with Crippen LogP contribution < -0.4 is 5.32 Å². The summed E-state index contributed by atoms with van der Waals surface area (Å²) in [7, 11) is 0. The Balaban J connectivity index is 1.45. The van der Waals surface area contributed by atoms with Crippen molar-refractivity contribution in [3.8, 4) is 0 Å². The highest BCUT2D eigenvalue weighted by atomic mass is 19.1. The molecule has 3 rings (SSSR count). The molecule has 0 aromatic heterocycles. The second-order valence-corrected chi connectivity index (χ2v) is 7.21. The van der Waals surface area contributed by atoms with Gasteiger partial charge in [-0.3, -0.25) is 34.2 Å². The molecule has 2 unspecified atom stereocenters. The van der Waals surface area contributed by atoms with Crippen molar-refractivity contribution in [2.45, 2.75) is 32.1 Å². The fourth-order valence-corrected chi connectivity index (χ4v) is 3.80. The Morgan fingerprint density at radius 2 is 1.83 bits per heavy atom. The van der Waals surface area contributed by atoms with Gasteiger partial charge in [-0.1, -0.05) is 12.8 Å². The average Bonchev–Trinajstić information content (AvgIpc) is 2.96. The Kier molecular flexibility index (Phi) is 6.38. The van der Waals surface area contributed by atoms with Gasteiger partial charge in [-0.15, -0.1) is 0 Å². The summed E-state index contributed by atoms with van der Waals surface area (Å²) in [6.45, 7) is -0.771. The van der Waals surface area contributed by atoms with E-state index in [4.69, 9.17) is 4.74 Å². The van der Waals surface area contributed by atoms with Gasteiger partial charge in [-0.2, -0.15) is 4.39 Å². The number of likely N-dealkylation sites (tertiary alicyclic amines) is 1. The normalized spacial score (nSPS) is 20.6. The molecule has 2 aliphatic rings. The summed E-state index contributed by atoms with van der Waals surface area (Å²) >= 11 is 0. The van der Waals surface area contributed by atoms with Crippen LogP contribution in [0.15, 0.2) is 18.2 Å². The number of halogens is 1. The number of amides is 3. The maximum atomic E-state index is 13.3. The van der Waals surface area contributed by atoms with E-state index >= 15 is 0 Å². The molecule has 2 fully saturated rings. The van der Waals surface area contributed by atoms with E-state index < -0.39 is 34.9 Å². The molecule has 1 saturated heterocycles. The number of fused-ring (bicyclic) bond motifs is 1. The maximum absolute atomic E-state index is 13.3. The van der Waals surface area contributed by atoms with Gasteiger partial charge >= 0.3 is 11.7 Å². The first-order chi connectivity index (χ1) is 14.3. The molecule has 2 atom stereocenters. The number of benzene rings is 1. The first-order valence-electron chi connectivity index (χ1n) is 9.52. The standard InChI is InChI=1S/C19H20FN3O7/c20-14-6-5-11(9-15(14)23(28)29)21-16(24)10-30-17(25)7-8-22-18(26)12-3-1-2-4-13(12)19(22)27/h5-6,9,12-13H,1-4,7-8,10H2,(H,21,24). The summed E-state index contributed by atoms with van der Waals surface area (Å²) in [6, 6.07) is 2.81. The van der Waals surface area contributed by atoms with Crippen LogP contribution in [-0.4, -0.2) is 46.7 Å². The highest BCUT2D eigenvalue weighted by molar-refractivity contribution is 6.05. The lowest BCUT2D eigenvalue weighted by Gasteiger charge is -2.19. The number of rotatable bonds is 7. The third-order valence-electron chi connectivity index (χ3n) is 5.26. The van der Waals surface area contributed by atoms with Gasteiger partial charge in [0.2, 0.25) is 17.6 Å². The zero-order chi connectivity index (χ0) is 21.8. The summed E-state index contributed by atoms with van der Waals surface area (Å²) in [5.74, 6) is -3.70. The molecule has 1 aliphatic heterocycles. The van der Waals surface area contributed by atoms with Crippen molar-refractivity contribution in [1.82, 2.24) is 4.90 Å². The molecular formula is C19H20FN3O7. The van der Waals surface area contributed by atoms with Crippen LogP contribution in [0.1, 0.15) is 32.1 Å². The zero-order valence-corrected chi connectivity index (χ0v) is 16.0. The van der Waals surface area contributed by atoms with Crippen molar-refractivity contribution in [3.05, 3.63) is 34.1 Å². The third kappa shape index (κ3) is 4.61. The summed E-state index contributed by atoms with van der Waals surface area (Å²) in [6.07, 6.45) is 2.92. The molecule has 1 heterocycles. The molecule has 11 heteroatoms. The summed E-state index contributed by atoms with van der Waals surface area (Å²) in [5.41, 5.74) is -0.828. The number of nitro groups is 1. The van der Waals surface area contributed by atoms with Gasteiger partial charge in [-0.05, 0) is 25.0 Å². The van der Waals surface area contributed by atoms with Gasteiger partial charge in [-0.25, -0.2) is 0 Å². The predicted octanol–water partition coefficient (Wildman–Crippen LogP) is 1.78. The van der Waals surface area contributed by atoms with Gasteiger partial charge in [0.1, 0.15) is 0 Å².